The molecule has 4 N–H and O–H groups in total. The smallest absolute Gasteiger partial charge is 0.251 e. The van der Waals surface area contributed by atoms with Crippen molar-refractivity contribution in [3.05, 3.63) is 33.8 Å². The molecule has 0 radical (unpaired) electrons. The molecule has 18 heavy (non-hydrogen) atoms. The largest absolute Gasteiger partial charge is 0.409 e. The summed E-state index contributed by atoms with van der Waals surface area (Å²) >= 11 is 3.33. The highest BCUT2D eigenvalue weighted by Gasteiger charge is 2.12. The molecule has 1 rings (SSSR count). The Balaban J connectivity index is 2.69. The summed E-state index contributed by atoms with van der Waals surface area (Å²) in [5.74, 6) is -0.293. The van der Waals surface area contributed by atoms with Crippen molar-refractivity contribution in [3.63, 3.8) is 0 Å². The maximum absolute atomic E-state index is 12.0. The predicted molar refractivity (Wildman–Crippen MR) is 73.8 cm³/mol. The normalized spacial score (nSPS) is 13.2. The zero-order valence-electron chi connectivity index (χ0n) is 10.3. The number of oxime groups is 1. The molecule has 0 saturated carbocycles. The highest BCUT2D eigenvalue weighted by molar-refractivity contribution is 9.10. The van der Waals surface area contributed by atoms with E-state index in [0.717, 1.165) is 10.0 Å². The van der Waals surface area contributed by atoms with Crippen LogP contribution in [0.1, 0.15) is 22.8 Å². The van der Waals surface area contributed by atoms with Crippen LogP contribution in [0.4, 0.5) is 0 Å². The van der Waals surface area contributed by atoms with Gasteiger partial charge >= 0.3 is 0 Å². The van der Waals surface area contributed by atoms with Crippen LogP contribution in [-0.2, 0) is 0 Å². The van der Waals surface area contributed by atoms with E-state index in [1.807, 2.05) is 19.1 Å². The monoisotopic (exact) mass is 313 g/mol. The number of hydrogen-bond acceptors (Lipinski definition) is 3. The second-order valence-electron chi connectivity index (χ2n) is 4.10. The van der Waals surface area contributed by atoms with E-state index in [2.05, 4.69) is 26.4 Å². The molecule has 0 aromatic heterocycles. The summed E-state index contributed by atoms with van der Waals surface area (Å²) in [4.78, 5) is 12.0. The maximum atomic E-state index is 12.0. The van der Waals surface area contributed by atoms with Crippen LogP contribution < -0.4 is 11.1 Å². The van der Waals surface area contributed by atoms with Crippen LogP contribution in [0, 0.1) is 12.8 Å². The molecule has 0 fully saturated rings. The summed E-state index contributed by atoms with van der Waals surface area (Å²) < 4.78 is 0.850. The second kappa shape index (κ2) is 6.39. The Morgan fingerprint density at radius 1 is 1.61 bits per heavy atom. The Morgan fingerprint density at radius 2 is 2.28 bits per heavy atom. The van der Waals surface area contributed by atoms with Gasteiger partial charge in [-0.3, -0.25) is 4.79 Å². The minimum absolute atomic E-state index is 0.0984. The van der Waals surface area contributed by atoms with E-state index in [0.29, 0.717) is 12.1 Å². The van der Waals surface area contributed by atoms with Crippen molar-refractivity contribution < 1.29 is 10.0 Å². The maximum Gasteiger partial charge on any atom is 0.251 e. The van der Waals surface area contributed by atoms with Crippen LogP contribution in [0.2, 0.25) is 0 Å². The molecule has 98 valence electrons. The van der Waals surface area contributed by atoms with E-state index in [-0.39, 0.29) is 17.7 Å². The van der Waals surface area contributed by atoms with Crippen molar-refractivity contribution in [2.45, 2.75) is 13.8 Å². The van der Waals surface area contributed by atoms with Crippen LogP contribution in [0.15, 0.2) is 27.8 Å². The average molecular weight is 314 g/mol. The summed E-state index contributed by atoms with van der Waals surface area (Å²) in [5.41, 5.74) is 6.94. The topological polar surface area (TPSA) is 87.7 Å². The van der Waals surface area contributed by atoms with Gasteiger partial charge in [-0.05, 0) is 24.6 Å². The summed E-state index contributed by atoms with van der Waals surface area (Å²) in [6, 6.07) is 5.51. The van der Waals surface area contributed by atoms with Gasteiger partial charge < -0.3 is 16.3 Å². The first kappa shape index (κ1) is 14.5. The van der Waals surface area contributed by atoms with Crippen molar-refractivity contribution >= 4 is 27.7 Å². The molecule has 1 unspecified atom stereocenters. The number of nitrogens with one attached hydrogen (secondary N) is 1. The third kappa shape index (κ3) is 3.73. The van der Waals surface area contributed by atoms with Gasteiger partial charge in [0.05, 0.1) is 0 Å². The number of benzene rings is 1. The molecule has 0 saturated heterocycles. The van der Waals surface area contributed by atoms with Crippen molar-refractivity contribution in [3.8, 4) is 0 Å². The van der Waals surface area contributed by atoms with Gasteiger partial charge in [0.1, 0.15) is 5.84 Å². The van der Waals surface area contributed by atoms with Gasteiger partial charge in [0.15, 0.2) is 0 Å². The lowest BCUT2D eigenvalue weighted by atomic mass is 10.1. The minimum atomic E-state index is -0.216. The number of carbonyl (C=O) groups excluding carboxylic acids is 1. The van der Waals surface area contributed by atoms with Crippen LogP contribution in [0.25, 0.3) is 0 Å². The summed E-state index contributed by atoms with van der Waals surface area (Å²) in [7, 11) is 0. The Labute approximate surface area is 114 Å². The molecule has 0 aliphatic heterocycles. The highest BCUT2D eigenvalue weighted by atomic mass is 79.9. The molecule has 0 aliphatic rings. The number of hydrogen-bond donors (Lipinski definition) is 3. The molecule has 1 atom stereocenters. The van der Waals surface area contributed by atoms with Crippen LogP contribution >= 0.6 is 15.9 Å². The molecule has 5 nitrogen and oxygen atoms in total. The van der Waals surface area contributed by atoms with E-state index in [1.54, 1.807) is 13.0 Å². The molecule has 6 heteroatoms. The van der Waals surface area contributed by atoms with E-state index in [4.69, 9.17) is 10.9 Å². The number of amides is 1. The zero-order chi connectivity index (χ0) is 13.7. The average Bonchev–Trinajstić information content (AvgIpc) is 2.37. The third-order valence-electron chi connectivity index (χ3n) is 2.63. The quantitative estimate of drug-likeness (QED) is 0.343. The van der Waals surface area contributed by atoms with E-state index in [1.165, 1.54) is 0 Å². The number of nitrogens with two attached hydrogens (primary N) is 1. The van der Waals surface area contributed by atoms with Crippen molar-refractivity contribution in [1.29, 1.82) is 0 Å². The Bertz CT molecular complexity index is 474. The number of halogens is 1. The number of carbonyl (C=O) groups is 1. The molecule has 0 aliphatic carbocycles. The Hall–Kier alpha value is -1.56. The lowest BCUT2D eigenvalue weighted by Crippen LogP contribution is -2.34. The Morgan fingerprint density at radius 3 is 2.89 bits per heavy atom. The molecular weight excluding hydrogens is 298 g/mol. The summed E-state index contributed by atoms with van der Waals surface area (Å²) in [6.07, 6.45) is 0. The predicted octanol–water partition coefficient (Wildman–Crippen LogP) is 1.87. The fourth-order valence-corrected chi connectivity index (χ4v) is 1.74. The number of aryl methyl sites for hydroxylation is 1. The molecule has 0 bridgehead atoms. The van der Waals surface area contributed by atoms with Crippen molar-refractivity contribution in [2.75, 3.05) is 6.54 Å². The molecule has 0 heterocycles. The first-order valence-electron chi connectivity index (χ1n) is 5.47. The highest BCUT2D eigenvalue weighted by Crippen LogP contribution is 2.15. The molecule has 1 amide bonds. The lowest BCUT2D eigenvalue weighted by Gasteiger charge is -2.12. The Kier molecular flexibility index (Phi) is 5.15. The third-order valence-corrected chi connectivity index (χ3v) is 3.13. The van der Waals surface area contributed by atoms with Gasteiger partial charge in [0.2, 0.25) is 0 Å². The fourth-order valence-electron chi connectivity index (χ4n) is 1.38. The van der Waals surface area contributed by atoms with E-state index in [9.17, 15) is 4.79 Å². The van der Waals surface area contributed by atoms with Gasteiger partial charge in [0.25, 0.3) is 5.91 Å². The van der Waals surface area contributed by atoms with E-state index >= 15 is 0 Å². The van der Waals surface area contributed by atoms with E-state index < -0.39 is 0 Å². The lowest BCUT2D eigenvalue weighted by molar-refractivity contribution is 0.0950. The van der Waals surface area contributed by atoms with Gasteiger partial charge in [0, 0.05) is 22.5 Å². The number of nitrogens with zero attached hydrogens (tertiary/aromatic N) is 1. The van der Waals surface area contributed by atoms with Crippen LogP contribution in [0.5, 0.6) is 0 Å². The molecule has 0 spiro atoms. The van der Waals surface area contributed by atoms with Gasteiger partial charge in [-0.1, -0.05) is 34.1 Å². The first-order chi connectivity index (χ1) is 8.45. The molecular formula is C12H16BrN3O2. The molecule has 1 aromatic carbocycles. The fraction of sp³-hybridized carbons (Fsp3) is 0.333. The van der Waals surface area contributed by atoms with Crippen molar-refractivity contribution in [1.82, 2.24) is 5.32 Å². The van der Waals surface area contributed by atoms with Gasteiger partial charge in [-0.25, -0.2) is 0 Å². The summed E-state index contributed by atoms with van der Waals surface area (Å²) in [6.45, 7) is 3.96. The second-order valence-corrected chi connectivity index (χ2v) is 5.01. The number of rotatable bonds is 4. The van der Waals surface area contributed by atoms with Crippen LogP contribution in [-0.4, -0.2) is 23.5 Å². The first-order valence-corrected chi connectivity index (χ1v) is 6.26. The minimum Gasteiger partial charge on any atom is -0.409 e. The zero-order valence-corrected chi connectivity index (χ0v) is 11.9. The number of amidine groups is 1. The standard InChI is InChI=1S/C12H16BrN3O2/c1-7-3-4-9(13)5-10(7)12(17)15-6-8(2)11(14)16-18/h3-5,8,18H,6H2,1-2H3,(H2,14,16)(H,15,17). The van der Waals surface area contributed by atoms with Gasteiger partial charge in [-0.15, -0.1) is 0 Å². The molecule has 1 aromatic rings. The van der Waals surface area contributed by atoms with Gasteiger partial charge in [-0.2, -0.15) is 0 Å². The SMILES string of the molecule is Cc1ccc(Br)cc1C(=O)NCC(C)C(N)=NO. The summed E-state index contributed by atoms with van der Waals surface area (Å²) in [5, 5.41) is 14.2. The van der Waals surface area contributed by atoms with Crippen LogP contribution in [0.3, 0.4) is 0 Å². The van der Waals surface area contributed by atoms with Crippen molar-refractivity contribution in [2.24, 2.45) is 16.8 Å².